The summed E-state index contributed by atoms with van der Waals surface area (Å²) in [4.78, 5) is 45.4. The number of aromatic carboxylic acids is 4. The maximum Gasteiger partial charge on any atom is 4.00 e. The smallest absolute Gasteiger partial charge is 0.545 e. The maximum absolute atomic E-state index is 11.5. The number of benzene rings is 8. The Hall–Kier alpha value is -6.09. The van der Waals surface area contributed by atoms with Gasteiger partial charge in [0.1, 0.15) is 0 Å². The molecule has 0 aliphatic rings. The number of hydrogen-bond acceptors (Lipinski definition) is 8. The van der Waals surface area contributed by atoms with Crippen molar-refractivity contribution in [3.63, 3.8) is 0 Å². The first-order chi connectivity index (χ1) is 23.1. The molecule has 49 heavy (non-hydrogen) atoms. The van der Waals surface area contributed by atoms with Crippen molar-refractivity contribution in [2.45, 2.75) is 0 Å². The standard InChI is InChI=1S/2C20H12O4.Ti/c2*21-19(22)16-6-5-13-9-14-7-11-3-1-2-4-12(11)8-15(14)10-17(13)18(16)20(23)24;/h2*1-10H,(H,21,22)(H,23,24);/q;;+4/p-4. The fourth-order valence-electron chi connectivity index (χ4n) is 6.31. The van der Waals surface area contributed by atoms with Crippen LogP contribution in [0.1, 0.15) is 41.4 Å². The molecule has 0 fully saturated rings. The van der Waals surface area contributed by atoms with E-state index in [1.807, 2.05) is 84.9 Å². The minimum Gasteiger partial charge on any atom is -0.545 e. The number of hydrogen-bond donors (Lipinski definition) is 0. The Morgan fingerprint density at radius 2 is 0.612 bits per heavy atom. The number of carboxylic acids is 4. The van der Waals surface area contributed by atoms with Crippen molar-refractivity contribution in [3.05, 3.63) is 144 Å². The number of fused-ring (bicyclic) bond motifs is 6. The Kier molecular flexibility index (Phi) is 8.61. The van der Waals surface area contributed by atoms with Crippen molar-refractivity contribution in [2.75, 3.05) is 0 Å². The van der Waals surface area contributed by atoms with E-state index in [0.717, 1.165) is 43.1 Å². The van der Waals surface area contributed by atoms with Crippen molar-refractivity contribution >= 4 is 88.5 Å². The van der Waals surface area contributed by atoms with Gasteiger partial charge in [-0.3, -0.25) is 0 Å². The van der Waals surface area contributed by atoms with E-state index in [0.29, 0.717) is 21.5 Å². The predicted molar refractivity (Wildman–Crippen MR) is 175 cm³/mol. The normalized spacial score (nSPS) is 10.9. The Labute approximate surface area is 292 Å². The topological polar surface area (TPSA) is 161 Å². The van der Waals surface area contributed by atoms with Gasteiger partial charge >= 0.3 is 21.7 Å². The van der Waals surface area contributed by atoms with Crippen molar-refractivity contribution in [1.82, 2.24) is 0 Å². The molecule has 0 spiro atoms. The van der Waals surface area contributed by atoms with Crippen molar-refractivity contribution < 1.29 is 61.3 Å². The molecule has 0 aliphatic carbocycles. The molecule has 8 rings (SSSR count). The van der Waals surface area contributed by atoms with Gasteiger partial charge in [-0.1, -0.05) is 72.8 Å². The average molecular weight is 676 g/mol. The van der Waals surface area contributed by atoms with Crippen molar-refractivity contribution in [2.24, 2.45) is 0 Å². The molecule has 0 bridgehead atoms. The molecule has 0 saturated heterocycles. The molecule has 0 N–H and O–H groups in total. The fraction of sp³-hybridized carbons (Fsp3) is 0. The molecule has 0 saturated carbocycles. The second-order valence-electron chi connectivity index (χ2n) is 11.4. The second kappa shape index (κ2) is 12.8. The zero-order chi connectivity index (χ0) is 33.7. The summed E-state index contributed by atoms with van der Waals surface area (Å²) in [6.45, 7) is 0. The van der Waals surface area contributed by atoms with Crippen LogP contribution < -0.4 is 20.4 Å². The molecule has 9 heteroatoms. The van der Waals surface area contributed by atoms with Crippen LogP contribution in [-0.2, 0) is 21.7 Å². The second-order valence-corrected chi connectivity index (χ2v) is 11.4. The third-order valence-electron chi connectivity index (χ3n) is 8.53. The van der Waals surface area contributed by atoms with Gasteiger partial charge in [-0.15, -0.1) is 0 Å². The summed E-state index contributed by atoms with van der Waals surface area (Å²) in [6, 6.07) is 36.4. The van der Waals surface area contributed by atoms with E-state index in [9.17, 15) is 39.6 Å². The van der Waals surface area contributed by atoms with Gasteiger partial charge in [0.05, 0.1) is 23.9 Å². The van der Waals surface area contributed by atoms with Gasteiger partial charge in [0, 0.05) is 22.3 Å². The van der Waals surface area contributed by atoms with Gasteiger partial charge < -0.3 is 39.6 Å². The maximum atomic E-state index is 11.5. The summed E-state index contributed by atoms with van der Waals surface area (Å²) >= 11 is 0. The first kappa shape index (κ1) is 32.8. The van der Waals surface area contributed by atoms with E-state index in [4.69, 9.17) is 0 Å². The van der Waals surface area contributed by atoms with Crippen LogP contribution in [0.25, 0.3) is 64.6 Å². The summed E-state index contributed by atoms with van der Waals surface area (Å²) in [5.74, 6) is -6.12. The van der Waals surface area contributed by atoms with Crippen LogP contribution in [0.15, 0.2) is 121 Å². The summed E-state index contributed by atoms with van der Waals surface area (Å²) in [5.41, 5.74) is -1.43. The van der Waals surface area contributed by atoms with Crippen LogP contribution in [0.5, 0.6) is 0 Å². The molecule has 0 radical (unpaired) electrons. The summed E-state index contributed by atoms with van der Waals surface area (Å²) in [7, 11) is 0. The van der Waals surface area contributed by atoms with Crippen LogP contribution >= 0.6 is 0 Å². The van der Waals surface area contributed by atoms with Crippen molar-refractivity contribution in [3.8, 4) is 0 Å². The van der Waals surface area contributed by atoms with Crippen LogP contribution in [-0.4, -0.2) is 23.9 Å². The number of carboxylic acid groups (broad SMARTS) is 4. The molecule has 0 amide bonds. The first-order valence-electron chi connectivity index (χ1n) is 14.7. The third kappa shape index (κ3) is 5.95. The van der Waals surface area contributed by atoms with Crippen LogP contribution in [0, 0.1) is 0 Å². The molecule has 0 aromatic heterocycles. The van der Waals surface area contributed by atoms with Crippen LogP contribution in [0.3, 0.4) is 0 Å². The minimum atomic E-state index is -1.53. The number of carbonyl (C=O) groups excluding carboxylic acids is 4. The summed E-state index contributed by atoms with van der Waals surface area (Å²) < 4.78 is 0. The number of rotatable bonds is 4. The zero-order valence-corrected chi connectivity index (χ0v) is 26.9. The van der Waals surface area contributed by atoms with Gasteiger partial charge in [-0.05, 0) is 113 Å². The SMILES string of the molecule is O=C([O-])c1ccc2cc3cc4ccccc4cc3cc2c1C(=O)[O-].O=C([O-])c1ccc2cc3cc4ccccc4cc3cc2c1C(=O)[O-].[Ti+4]. The van der Waals surface area contributed by atoms with Crippen LogP contribution in [0.2, 0.25) is 0 Å². The van der Waals surface area contributed by atoms with Gasteiger partial charge in [0.25, 0.3) is 0 Å². The van der Waals surface area contributed by atoms with E-state index in [-0.39, 0.29) is 44.0 Å². The van der Waals surface area contributed by atoms with E-state index in [1.165, 1.54) is 12.1 Å². The van der Waals surface area contributed by atoms with Gasteiger partial charge in [0.15, 0.2) is 0 Å². The molecule has 8 aromatic carbocycles. The quantitative estimate of drug-likeness (QED) is 0.201. The zero-order valence-electron chi connectivity index (χ0n) is 25.3. The Morgan fingerprint density at radius 1 is 0.327 bits per heavy atom. The molecule has 0 atom stereocenters. The molecular formula is C40H20O8Ti. The van der Waals surface area contributed by atoms with Gasteiger partial charge in [-0.2, -0.15) is 0 Å². The van der Waals surface area contributed by atoms with Gasteiger partial charge in [0.2, 0.25) is 0 Å². The van der Waals surface area contributed by atoms with E-state index in [1.54, 1.807) is 24.3 Å². The molecule has 8 nitrogen and oxygen atoms in total. The molecule has 232 valence electrons. The summed E-state index contributed by atoms with van der Waals surface area (Å²) in [6.07, 6.45) is 0. The van der Waals surface area contributed by atoms with E-state index >= 15 is 0 Å². The molecular weight excluding hydrogens is 656 g/mol. The molecule has 0 heterocycles. The van der Waals surface area contributed by atoms with Gasteiger partial charge in [-0.25, -0.2) is 0 Å². The molecule has 8 aromatic rings. The molecule has 0 unspecified atom stereocenters. The van der Waals surface area contributed by atoms with E-state index < -0.39 is 23.9 Å². The van der Waals surface area contributed by atoms with Crippen molar-refractivity contribution in [1.29, 1.82) is 0 Å². The average Bonchev–Trinajstić information content (AvgIpc) is 3.06. The molecule has 0 aliphatic heterocycles. The van der Waals surface area contributed by atoms with Crippen LogP contribution in [0.4, 0.5) is 0 Å². The monoisotopic (exact) mass is 676 g/mol. The number of carbonyl (C=O) groups is 4. The third-order valence-corrected chi connectivity index (χ3v) is 8.53. The minimum absolute atomic E-state index is 0. The first-order valence-corrected chi connectivity index (χ1v) is 14.7. The summed E-state index contributed by atoms with van der Waals surface area (Å²) in [5, 5.41) is 55.1. The fourth-order valence-corrected chi connectivity index (χ4v) is 6.31. The Balaban J connectivity index is 0.000000167. The van der Waals surface area contributed by atoms with E-state index in [2.05, 4.69) is 0 Å². The Bertz CT molecular complexity index is 2510. The predicted octanol–water partition coefficient (Wildman–Crippen LogP) is 3.74. The Morgan fingerprint density at radius 3 is 0.898 bits per heavy atom. The largest absolute Gasteiger partial charge is 4.00 e.